The lowest BCUT2D eigenvalue weighted by atomic mass is 10.2. The van der Waals surface area contributed by atoms with E-state index in [0.717, 1.165) is 12.1 Å². The van der Waals surface area contributed by atoms with Crippen LogP contribution in [0.25, 0.3) is 0 Å². The summed E-state index contributed by atoms with van der Waals surface area (Å²) in [5.74, 6) is 0. The maximum absolute atomic E-state index is 12.1. The van der Waals surface area contributed by atoms with Crippen LogP contribution in [0.15, 0.2) is 23.1 Å². The molecule has 0 aliphatic heterocycles. The Kier molecular flexibility index (Phi) is 5.75. The van der Waals surface area contributed by atoms with E-state index in [4.69, 9.17) is 4.74 Å². The van der Waals surface area contributed by atoms with Crippen LogP contribution < -0.4 is 4.72 Å². The van der Waals surface area contributed by atoms with Gasteiger partial charge in [-0.2, -0.15) is 0 Å². The average Bonchev–Trinajstić information content (AvgIpc) is 2.42. The van der Waals surface area contributed by atoms with E-state index in [1.165, 1.54) is 0 Å². The van der Waals surface area contributed by atoms with Crippen molar-refractivity contribution < 1.29 is 23.0 Å². The zero-order chi connectivity index (χ0) is 17.8. The highest BCUT2D eigenvalue weighted by atomic mass is 32.2. The van der Waals surface area contributed by atoms with E-state index in [-0.39, 0.29) is 13.2 Å². The van der Waals surface area contributed by atoms with Crippen LogP contribution in [0.1, 0.15) is 20.8 Å². The molecule has 10 nitrogen and oxygen atoms in total. The van der Waals surface area contributed by atoms with E-state index < -0.39 is 41.7 Å². The van der Waals surface area contributed by atoms with Gasteiger partial charge >= 0.3 is 0 Å². The molecule has 0 aliphatic rings. The number of nitro benzene ring substituents is 2. The van der Waals surface area contributed by atoms with Crippen LogP contribution in [-0.2, 0) is 14.8 Å². The van der Waals surface area contributed by atoms with Crippen LogP contribution in [0, 0.1) is 20.2 Å². The van der Waals surface area contributed by atoms with Crippen molar-refractivity contribution in [2.75, 3.05) is 13.2 Å². The molecule has 0 fully saturated rings. The molecule has 128 valence electrons. The van der Waals surface area contributed by atoms with Gasteiger partial charge in [-0.15, -0.1) is 0 Å². The summed E-state index contributed by atoms with van der Waals surface area (Å²) >= 11 is 0. The third kappa shape index (κ3) is 5.54. The van der Waals surface area contributed by atoms with Gasteiger partial charge in [-0.05, 0) is 26.8 Å². The van der Waals surface area contributed by atoms with Gasteiger partial charge in [0.05, 0.1) is 28.1 Å². The van der Waals surface area contributed by atoms with E-state index in [9.17, 15) is 28.6 Å². The molecule has 1 N–H and O–H groups in total. The number of hydrogen-bond donors (Lipinski definition) is 1. The van der Waals surface area contributed by atoms with Crippen LogP contribution >= 0.6 is 0 Å². The van der Waals surface area contributed by atoms with Crippen molar-refractivity contribution in [3.63, 3.8) is 0 Å². The number of benzene rings is 1. The van der Waals surface area contributed by atoms with Crippen LogP contribution in [0.3, 0.4) is 0 Å². The largest absolute Gasteiger partial charge is 0.375 e. The van der Waals surface area contributed by atoms with Crippen LogP contribution in [0.5, 0.6) is 0 Å². The second kappa shape index (κ2) is 6.98. The second-order valence-electron chi connectivity index (χ2n) is 5.52. The van der Waals surface area contributed by atoms with Crippen molar-refractivity contribution in [1.82, 2.24) is 4.72 Å². The molecule has 11 heteroatoms. The molecule has 0 atom stereocenters. The van der Waals surface area contributed by atoms with Gasteiger partial charge in [0.15, 0.2) is 4.90 Å². The highest BCUT2D eigenvalue weighted by molar-refractivity contribution is 7.89. The molecule has 0 saturated heterocycles. The fraction of sp³-hybridized carbons (Fsp3) is 0.500. The number of ether oxygens (including phenoxy) is 1. The molecule has 0 heterocycles. The summed E-state index contributed by atoms with van der Waals surface area (Å²) in [6.07, 6.45) is 0. The molecular formula is C12H17N3O7S. The first kappa shape index (κ1) is 18.9. The zero-order valence-electron chi connectivity index (χ0n) is 12.8. The molecule has 0 radical (unpaired) electrons. The van der Waals surface area contributed by atoms with Crippen LogP contribution in [0.4, 0.5) is 11.4 Å². The fourth-order valence-corrected chi connectivity index (χ4v) is 2.76. The van der Waals surface area contributed by atoms with Crippen molar-refractivity contribution in [3.05, 3.63) is 38.4 Å². The number of rotatable bonds is 7. The fourth-order valence-electron chi connectivity index (χ4n) is 1.60. The molecule has 1 aromatic carbocycles. The second-order valence-corrected chi connectivity index (χ2v) is 7.26. The molecule has 1 aromatic rings. The third-order valence-electron chi connectivity index (χ3n) is 2.57. The monoisotopic (exact) mass is 347 g/mol. The Balaban J connectivity index is 2.99. The van der Waals surface area contributed by atoms with Crippen molar-refractivity contribution >= 4 is 21.4 Å². The number of nitrogens with one attached hydrogen (secondary N) is 1. The minimum absolute atomic E-state index is 0.0729. The van der Waals surface area contributed by atoms with E-state index >= 15 is 0 Å². The predicted molar refractivity (Wildman–Crippen MR) is 80.6 cm³/mol. The van der Waals surface area contributed by atoms with Gasteiger partial charge in [0, 0.05) is 12.6 Å². The van der Waals surface area contributed by atoms with Crippen molar-refractivity contribution in [2.45, 2.75) is 31.3 Å². The van der Waals surface area contributed by atoms with E-state index in [0.29, 0.717) is 6.07 Å². The summed E-state index contributed by atoms with van der Waals surface area (Å²) in [5, 5.41) is 21.6. The molecule has 0 saturated carbocycles. The molecule has 0 aliphatic carbocycles. The Bertz CT molecular complexity index is 710. The Morgan fingerprint density at radius 3 is 2.26 bits per heavy atom. The number of nitro groups is 2. The first-order valence-corrected chi connectivity index (χ1v) is 7.99. The summed E-state index contributed by atoms with van der Waals surface area (Å²) in [7, 11) is -4.19. The van der Waals surface area contributed by atoms with Gasteiger partial charge in [0.2, 0.25) is 10.0 Å². The first-order valence-electron chi connectivity index (χ1n) is 6.50. The summed E-state index contributed by atoms with van der Waals surface area (Å²) in [6.45, 7) is 5.37. The molecule has 0 bridgehead atoms. The SMILES string of the molecule is CC(C)(C)OCCNS(=O)(=O)c1ccc([N+](=O)[O-])cc1[N+](=O)[O-]. The quantitative estimate of drug-likeness (QED) is 0.448. The van der Waals surface area contributed by atoms with Gasteiger partial charge < -0.3 is 4.74 Å². The smallest absolute Gasteiger partial charge is 0.296 e. The van der Waals surface area contributed by atoms with Crippen LogP contribution in [-0.4, -0.2) is 37.0 Å². The normalized spacial score (nSPS) is 12.1. The molecule has 0 amide bonds. The standard InChI is InChI=1S/C12H17N3O7S/c1-12(2,3)22-7-6-13-23(20,21)11-5-4-9(14(16)17)8-10(11)15(18)19/h4-5,8,13H,6-7H2,1-3H3. The number of sulfonamides is 1. The molecular weight excluding hydrogens is 330 g/mol. The highest BCUT2D eigenvalue weighted by Gasteiger charge is 2.28. The van der Waals surface area contributed by atoms with Crippen molar-refractivity contribution in [3.8, 4) is 0 Å². The van der Waals surface area contributed by atoms with Crippen molar-refractivity contribution in [2.24, 2.45) is 0 Å². The molecule has 1 rings (SSSR count). The maximum atomic E-state index is 12.1. The third-order valence-corrected chi connectivity index (χ3v) is 4.08. The molecule has 0 aromatic heterocycles. The Morgan fingerprint density at radius 2 is 1.78 bits per heavy atom. The minimum Gasteiger partial charge on any atom is -0.375 e. The highest BCUT2D eigenvalue weighted by Crippen LogP contribution is 2.28. The van der Waals surface area contributed by atoms with Gasteiger partial charge in [-0.25, -0.2) is 13.1 Å². The number of hydrogen-bond acceptors (Lipinski definition) is 7. The van der Waals surface area contributed by atoms with E-state index in [1.54, 1.807) is 20.8 Å². The summed E-state index contributed by atoms with van der Waals surface area (Å²) in [4.78, 5) is 19.2. The molecule has 0 spiro atoms. The van der Waals surface area contributed by atoms with E-state index in [1.807, 2.05) is 0 Å². The number of non-ortho nitro benzene ring substituents is 1. The van der Waals surface area contributed by atoms with Gasteiger partial charge in [0.1, 0.15) is 0 Å². The molecule has 0 unspecified atom stereocenters. The van der Waals surface area contributed by atoms with Crippen LogP contribution in [0.2, 0.25) is 0 Å². The van der Waals surface area contributed by atoms with Crippen molar-refractivity contribution in [1.29, 1.82) is 0 Å². The zero-order valence-corrected chi connectivity index (χ0v) is 13.6. The summed E-state index contributed by atoms with van der Waals surface area (Å²) in [6, 6.07) is 2.34. The molecule has 23 heavy (non-hydrogen) atoms. The van der Waals surface area contributed by atoms with Gasteiger partial charge in [0.25, 0.3) is 11.4 Å². The summed E-state index contributed by atoms with van der Waals surface area (Å²) < 4.78 is 31.7. The first-order chi connectivity index (χ1) is 10.4. The van der Waals surface area contributed by atoms with E-state index in [2.05, 4.69) is 4.72 Å². The summed E-state index contributed by atoms with van der Waals surface area (Å²) in [5.41, 5.74) is -1.87. The Hall–Kier alpha value is -2.11. The minimum atomic E-state index is -4.19. The maximum Gasteiger partial charge on any atom is 0.296 e. The van der Waals surface area contributed by atoms with Gasteiger partial charge in [-0.3, -0.25) is 20.2 Å². The lowest BCUT2D eigenvalue weighted by Crippen LogP contribution is -2.31. The Labute approximate surface area is 132 Å². The topological polar surface area (TPSA) is 142 Å². The average molecular weight is 347 g/mol. The lowest BCUT2D eigenvalue weighted by molar-refractivity contribution is -0.396. The number of nitrogens with zero attached hydrogens (tertiary/aromatic N) is 2. The van der Waals surface area contributed by atoms with Gasteiger partial charge in [-0.1, -0.05) is 0 Å². The predicted octanol–water partition coefficient (Wildman–Crippen LogP) is 1.60. The Morgan fingerprint density at radius 1 is 1.17 bits per heavy atom. The lowest BCUT2D eigenvalue weighted by Gasteiger charge is -2.19.